The molecule has 1 aliphatic rings. The van der Waals surface area contributed by atoms with Crippen LogP contribution in [0.2, 0.25) is 5.02 Å². The van der Waals surface area contributed by atoms with Gasteiger partial charge in [0.25, 0.3) is 5.56 Å². The zero-order valence-corrected chi connectivity index (χ0v) is 10.8. The lowest BCUT2D eigenvalue weighted by Crippen LogP contribution is -2.21. The number of nitrogens with zero attached hydrogens (tertiary/aromatic N) is 3. The van der Waals surface area contributed by atoms with Crippen molar-refractivity contribution in [3.8, 4) is 5.69 Å². The first-order valence-electron chi connectivity index (χ1n) is 5.88. The van der Waals surface area contributed by atoms with Crippen molar-refractivity contribution in [2.24, 2.45) is 0 Å². The van der Waals surface area contributed by atoms with E-state index in [0.29, 0.717) is 27.2 Å². The van der Waals surface area contributed by atoms with Crippen LogP contribution in [0.15, 0.2) is 41.5 Å². The molecule has 0 unspecified atom stereocenters. The van der Waals surface area contributed by atoms with Crippen molar-refractivity contribution in [1.82, 2.24) is 14.5 Å². The third kappa shape index (κ3) is 1.32. The van der Waals surface area contributed by atoms with E-state index in [4.69, 9.17) is 11.6 Å². The zero-order chi connectivity index (χ0) is 13.9. The molecule has 0 bridgehead atoms. The third-order valence-electron chi connectivity index (χ3n) is 3.32. The van der Waals surface area contributed by atoms with E-state index in [1.54, 1.807) is 24.3 Å². The zero-order valence-electron chi connectivity index (χ0n) is 10.0. The molecule has 3 heterocycles. The molecule has 1 aromatic carbocycles. The van der Waals surface area contributed by atoms with Crippen LogP contribution in [0, 0.1) is 0 Å². The van der Waals surface area contributed by atoms with Gasteiger partial charge in [0.15, 0.2) is 5.82 Å². The Labute approximate surface area is 117 Å². The molecular weight excluding hydrogens is 278 g/mol. The Morgan fingerprint density at radius 2 is 2.00 bits per heavy atom. The summed E-state index contributed by atoms with van der Waals surface area (Å²) in [6.07, 6.45) is 2.99. The maximum Gasteiger partial charge on any atom is 0.267 e. The van der Waals surface area contributed by atoms with Gasteiger partial charge < -0.3 is 0 Å². The SMILES string of the molecule is O=C1c2cc(Cl)ccc2-n2c1nc1ccncc1c2=O. The molecule has 6 heteroatoms. The number of benzene rings is 1. The van der Waals surface area contributed by atoms with Gasteiger partial charge in [0.1, 0.15) is 0 Å². The van der Waals surface area contributed by atoms with E-state index in [1.165, 1.54) is 17.0 Å². The highest BCUT2D eigenvalue weighted by atomic mass is 35.5. The summed E-state index contributed by atoms with van der Waals surface area (Å²) in [7, 11) is 0. The van der Waals surface area contributed by atoms with E-state index in [-0.39, 0.29) is 17.2 Å². The molecule has 0 saturated carbocycles. The fourth-order valence-corrected chi connectivity index (χ4v) is 2.58. The van der Waals surface area contributed by atoms with Gasteiger partial charge in [0.2, 0.25) is 5.78 Å². The number of hydrogen-bond acceptors (Lipinski definition) is 4. The van der Waals surface area contributed by atoms with Crippen molar-refractivity contribution in [3.05, 3.63) is 63.4 Å². The van der Waals surface area contributed by atoms with Crippen LogP contribution in [-0.2, 0) is 0 Å². The van der Waals surface area contributed by atoms with Gasteiger partial charge in [-0.25, -0.2) is 4.98 Å². The number of carbonyl (C=O) groups excluding carboxylic acids is 1. The van der Waals surface area contributed by atoms with Crippen LogP contribution < -0.4 is 5.56 Å². The fourth-order valence-electron chi connectivity index (χ4n) is 2.41. The highest BCUT2D eigenvalue weighted by Crippen LogP contribution is 2.28. The average molecular weight is 284 g/mol. The van der Waals surface area contributed by atoms with Crippen molar-refractivity contribution in [1.29, 1.82) is 0 Å². The van der Waals surface area contributed by atoms with E-state index < -0.39 is 0 Å². The maximum atomic E-state index is 12.5. The molecule has 2 aromatic heterocycles. The second-order valence-corrected chi connectivity index (χ2v) is 4.90. The Morgan fingerprint density at radius 3 is 2.85 bits per heavy atom. The molecular formula is C14H6ClN3O2. The predicted octanol–water partition coefficient (Wildman–Crippen LogP) is 1.98. The molecule has 4 rings (SSSR count). The van der Waals surface area contributed by atoms with E-state index >= 15 is 0 Å². The normalized spacial score (nSPS) is 12.6. The first kappa shape index (κ1) is 11.3. The first-order valence-corrected chi connectivity index (χ1v) is 6.26. The van der Waals surface area contributed by atoms with Gasteiger partial charge in [-0.1, -0.05) is 11.6 Å². The van der Waals surface area contributed by atoms with Gasteiger partial charge in [-0.2, -0.15) is 0 Å². The summed E-state index contributed by atoms with van der Waals surface area (Å²) < 4.78 is 1.32. The lowest BCUT2D eigenvalue weighted by atomic mass is 10.1. The number of hydrogen-bond donors (Lipinski definition) is 0. The molecule has 0 radical (unpaired) electrons. The molecule has 1 aliphatic heterocycles. The summed E-state index contributed by atoms with van der Waals surface area (Å²) in [5.41, 5.74) is 1.07. The number of rotatable bonds is 0. The van der Waals surface area contributed by atoms with Crippen LogP contribution in [-0.4, -0.2) is 20.3 Å². The van der Waals surface area contributed by atoms with Crippen LogP contribution in [0.3, 0.4) is 0 Å². The number of fused-ring (bicyclic) bond motifs is 4. The average Bonchev–Trinajstić information content (AvgIpc) is 2.73. The van der Waals surface area contributed by atoms with Gasteiger partial charge in [-0.05, 0) is 24.3 Å². The van der Waals surface area contributed by atoms with Crippen LogP contribution in [0.25, 0.3) is 16.6 Å². The standard InChI is InChI=1S/C14H6ClN3O2/c15-7-1-2-11-8(5-7)12(19)13-17-10-3-4-16-6-9(10)14(20)18(11)13/h1-6H. The molecule has 0 atom stereocenters. The van der Waals surface area contributed by atoms with Gasteiger partial charge in [0.05, 0.1) is 22.2 Å². The summed E-state index contributed by atoms with van der Waals surface area (Å²) in [4.78, 5) is 33.1. The molecule has 0 spiro atoms. The molecule has 0 fully saturated rings. The molecule has 96 valence electrons. The molecule has 0 aliphatic carbocycles. The smallest absolute Gasteiger partial charge is 0.267 e. The fraction of sp³-hybridized carbons (Fsp3) is 0. The Morgan fingerprint density at radius 1 is 1.15 bits per heavy atom. The summed E-state index contributed by atoms with van der Waals surface area (Å²) >= 11 is 5.91. The molecule has 0 amide bonds. The van der Waals surface area contributed by atoms with Crippen molar-refractivity contribution < 1.29 is 4.79 Å². The summed E-state index contributed by atoms with van der Waals surface area (Å²) in [5.74, 6) is -0.177. The number of ketones is 1. The summed E-state index contributed by atoms with van der Waals surface area (Å²) in [6, 6.07) is 6.46. The van der Waals surface area contributed by atoms with E-state index in [0.717, 1.165) is 0 Å². The minimum Gasteiger partial charge on any atom is -0.285 e. The largest absolute Gasteiger partial charge is 0.285 e. The van der Waals surface area contributed by atoms with Gasteiger partial charge in [-0.3, -0.25) is 19.1 Å². The first-order chi connectivity index (χ1) is 9.66. The molecule has 0 N–H and O–H groups in total. The van der Waals surface area contributed by atoms with E-state index in [9.17, 15) is 9.59 Å². The summed E-state index contributed by atoms with van der Waals surface area (Å²) in [5, 5.41) is 0.830. The Kier molecular flexibility index (Phi) is 2.11. The highest BCUT2D eigenvalue weighted by molar-refractivity contribution is 6.31. The lowest BCUT2D eigenvalue weighted by Gasteiger charge is -2.04. The maximum absolute atomic E-state index is 12.5. The van der Waals surface area contributed by atoms with Crippen molar-refractivity contribution in [2.45, 2.75) is 0 Å². The molecule has 0 saturated heterocycles. The quantitative estimate of drug-likeness (QED) is 0.495. The van der Waals surface area contributed by atoms with E-state index in [1.807, 2.05) is 0 Å². The topological polar surface area (TPSA) is 64.8 Å². The van der Waals surface area contributed by atoms with Crippen molar-refractivity contribution in [2.75, 3.05) is 0 Å². The number of aromatic nitrogens is 3. The van der Waals surface area contributed by atoms with Crippen LogP contribution in [0.1, 0.15) is 16.2 Å². The molecule has 20 heavy (non-hydrogen) atoms. The van der Waals surface area contributed by atoms with Gasteiger partial charge >= 0.3 is 0 Å². The minimum absolute atomic E-state index is 0.117. The number of halogens is 1. The number of carbonyl (C=O) groups is 1. The minimum atomic E-state index is -0.299. The Balaban J connectivity index is 2.20. The molecule has 3 aromatic rings. The van der Waals surface area contributed by atoms with Crippen LogP contribution >= 0.6 is 11.6 Å². The Bertz CT molecular complexity index is 962. The second-order valence-electron chi connectivity index (χ2n) is 4.46. The summed E-state index contributed by atoms with van der Waals surface area (Å²) in [6.45, 7) is 0. The molecule has 5 nitrogen and oxygen atoms in total. The van der Waals surface area contributed by atoms with Crippen LogP contribution in [0.5, 0.6) is 0 Å². The van der Waals surface area contributed by atoms with E-state index in [2.05, 4.69) is 9.97 Å². The number of pyridine rings is 1. The second kappa shape index (κ2) is 3.74. The van der Waals surface area contributed by atoms with Gasteiger partial charge in [0, 0.05) is 17.4 Å². The lowest BCUT2D eigenvalue weighted by molar-refractivity contribution is 0.103. The monoisotopic (exact) mass is 283 g/mol. The Hall–Kier alpha value is -2.53. The van der Waals surface area contributed by atoms with Crippen LogP contribution in [0.4, 0.5) is 0 Å². The van der Waals surface area contributed by atoms with Gasteiger partial charge in [-0.15, -0.1) is 0 Å². The van der Waals surface area contributed by atoms with Crippen molar-refractivity contribution >= 4 is 28.3 Å². The van der Waals surface area contributed by atoms with Crippen molar-refractivity contribution in [3.63, 3.8) is 0 Å². The predicted molar refractivity (Wildman–Crippen MR) is 73.6 cm³/mol. The third-order valence-corrected chi connectivity index (χ3v) is 3.55. The highest BCUT2D eigenvalue weighted by Gasteiger charge is 2.30.